The van der Waals surface area contributed by atoms with Crippen LogP contribution < -0.4 is 15.4 Å². The Labute approximate surface area is 152 Å². The molecule has 138 valence electrons. The van der Waals surface area contributed by atoms with Gasteiger partial charge in [0.25, 0.3) is 11.8 Å². The standard InChI is InChI=1S/C19H23N3O4/c1-4-15(22-19(25)16-9-13(10-21-16)12(2)23)14-7-5-6-8-17(14)26-11-18(24)20-3/h5-10,15,21H,4,11H2,1-3H3,(H,20,24)(H,22,25)/t15-/m1/s1. The summed E-state index contributed by atoms with van der Waals surface area (Å²) >= 11 is 0. The SMILES string of the molecule is CC[C@@H](NC(=O)c1cc(C(C)=O)c[nH]1)c1ccccc1OCC(=O)NC. The number of H-pyrrole nitrogens is 1. The summed E-state index contributed by atoms with van der Waals surface area (Å²) in [6.07, 6.45) is 2.14. The highest BCUT2D eigenvalue weighted by Gasteiger charge is 2.19. The topological polar surface area (TPSA) is 100 Å². The number of benzene rings is 1. The number of nitrogens with one attached hydrogen (secondary N) is 3. The molecule has 0 aliphatic carbocycles. The van der Waals surface area contributed by atoms with E-state index in [2.05, 4.69) is 15.6 Å². The predicted molar refractivity (Wildman–Crippen MR) is 97.3 cm³/mol. The number of carbonyl (C=O) groups is 3. The summed E-state index contributed by atoms with van der Waals surface area (Å²) in [5, 5.41) is 5.43. The zero-order valence-electron chi connectivity index (χ0n) is 15.1. The molecule has 7 nitrogen and oxygen atoms in total. The summed E-state index contributed by atoms with van der Waals surface area (Å²) in [5.74, 6) is -0.120. The van der Waals surface area contributed by atoms with Crippen LogP contribution in [0.2, 0.25) is 0 Å². The third-order valence-electron chi connectivity index (χ3n) is 3.98. The molecule has 1 heterocycles. The number of aromatic amines is 1. The number of hydrogen-bond acceptors (Lipinski definition) is 4. The number of amides is 2. The van der Waals surface area contributed by atoms with Crippen LogP contribution in [0.5, 0.6) is 5.75 Å². The molecule has 0 saturated heterocycles. The Bertz CT molecular complexity index is 798. The van der Waals surface area contributed by atoms with Crippen molar-refractivity contribution in [2.45, 2.75) is 26.3 Å². The quantitative estimate of drug-likeness (QED) is 0.631. The third kappa shape index (κ3) is 4.72. The van der Waals surface area contributed by atoms with Gasteiger partial charge in [-0.2, -0.15) is 0 Å². The molecule has 0 spiro atoms. The maximum absolute atomic E-state index is 12.5. The fraction of sp³-hybridized carbons (Fsp3) is 0.316. The average molecular weight is 357 g/mol. The van der Waals surface area contributed by atoms with Crippen molar-refractivity contribution in [3.8, 4) is 5.75 Å². The fourth-order valence-corrected chi connectivity index (χ4v) is 2.48. The molecule has 7 heteroatoms. The lowest BCUT2D eigenvalue weighted by atomic mass is 10.0. The summed E-state index contributed by atoms with van der Waals surface area (Å²) in [4.78, 5) is 38.1. The second-order valence-corrected chi connectivity index (χ2v) is 5.79. The Morgan fingerprint density at radius 1 is 1.23 bits per heavy atom. The third-order valence-corrected chi connectivity index (χ3v) is 3.98. The first-order valence-corrected chi connectivity index (χ1v) is 8.38. The molecule has 0 unspecified atom stereocenters. The van der Waals surface area contributed by atoms with Gasteiger partial charge in [0.15, 0.2) is 12.4 Å². The van der Waals surface area contributed by atoms with Gasteiger partial charge in [-0.3, -0.25) is 14.4 Å². The number of likely N-dealkylation sites (N-methyl/N-ethyl adjacent to an activating group) is 1. The lowest BCUT2D eigenvalue weighted by Crippen LogP contribution is -2.29. The molecule has 0 bridgehead atoms. The maximum atomic E-state index is 12.5. The van der Waals surface area contributed by atoms with Crippen LogP contribution in [0.25, 0.3) is 0 Å². The van der Waals surface area contributed by atoms with E-state index in [9.17, 15) is 14.4 Å². The van der Waals surface area contributed by atoms with Crippen molar-refractivity contribution < 1.29 is 19.1 Å². The van der Waals surface area contributed by atoms with Gasteiger partial charge >= 0.3 is 0 Å². The van der Waals surface area contributed by atoms with Crippen molar-refractivity contribution in [2.24, 2.45) is 0 Å². The van der Waals surface area contributed by atoms with Crippen LogP contribution in [0.4, 0.5) is 0 Å². The molecule has 2 amide bonds. The van der Waals surface area contributed by atoms with Crippen LogP contribution in [0.3, 0.4) is 0 Å². The molecule has 0 saturated carbocycles. The van der Waals surface area contributed by atoms with Crippen molar-refractivity contribution in [3.63, 3.8) is 0 Å². The normalized spacial score (nSPS) is 11.5. The molecule has 1 atom stereocenters. The lowest BCUT2D eigenvalue weighted by Gasteiger charge is -2.20. The highest BCUT2D eigenvalue weighted by atomic mass is 16.5. The van der Waals surface area contributed by atoms with E-state index in [0.717, 1.165) is 5.56 Å². The summed E-state index contributed by atoms with van der Waals surface area (Å²) in [6, 6.07) is 8.49. The van der Waals surface area contributed by atoms with E-state index >= 15 is 0 Å². The van der Waals surface area contributed by atoms with E-state index in [4.69, 9.17) is 4.74 Å². The van der Waals surface area contributed by atoms with Crippen LogP contribution >= 0.6 is 0 Å². The van der Waals surface area contributed by atoms with Gasteiger partial charge in [0.1, 0.15) is 11.4 Å². The van der Waals surface area contributed by atoms with Crippen molar-refractivity contribution in [1.82, 2.24) is 15.6 Å². The van der Waals surface area contributed by atoms with E-state index in [1.54, 1.807) is 19.2 Å². The van der Waals surface area contributed by atoms with Crippen molar-refractivity contribution in [2.75, 3.05) is 13.7 Å². The molecule has 1 aromatic carbocycles. The number of hydrogen-bond donors (Lipinski definition) is 3. The van der Waals surface area contributed by atoms with Gasteiger partial charge in [-0.25, -0.2) is 0 Å². The first-order chi connectivity index (χ1) is 12.5. The minimum atomic E-state index is -0.314. The van der Waals surface area contributed by atoms with E-state index in [-0.39, 0.29) is 30.2 Å². The number of ether oxygens (including phenoxy) is 1. The van der Waals surface area contributed by atoms with Gasteiger partial charge in [0.2, 0.25) is 0 Å². The Kier molecular flexibility index (Phi) is 6.54. The van der Waals surface area contributed by atoms with Gasteiger partial charge in [-0.1, -0.05) is 25.1 Å². The van der Waals surface area contributed by atoms with Gasteiger partial charge in [-0.05, 0) is 25.5 Å². The van der Waals surface area contributed by atoms with Crippen LogP contribution in [0.15, 0.2) is 36.5 Å². The molecule has 0 aliphatic rings. The fourth-order valence-electron chi connectivity index (χ4n) is 2.48. The summed E-state index contributed by atoms with van der Waals surface area (Å²) in [5.41, 5.74) is 1.56. The second kappa shape index (κ2) is 8.84. The minimum Gasteiger partial charge on any atom is -0.483 e. The van der Waals surface area contributed by atoms with Gasteiger partial charge < -0.3 is 20.4 Å². The number of aromatic nitrogens is 1. The Morgan fingerprint density at radius 3 is 2.58 bits per heavy atom. The Morgan fingerprint density at radius 2 is 1.96 bits per heavy atom. The molecular weight excluding hydrogens is 334 g/mol. The van der Waals surface area contributed by atoms with E-state index in [1.807, 2.05) is 19.1 Å². The molecule has 26 heavy (non-hydrogen) atoms. The average Bonchev–Trinajstić information content (AvgIpc) is 3.15. The minimum absolute atomic E-state index is 0.101. The number of carbonyl (C=O) groups excluding carboxylic acids is 3. The molecular formula is C19H23N3O4. The first-order valence-electron chi connectivity index (χ1n) is 8.38. The van der Waals surface area contributed by atoms with Gasteiger partial charge in [-0.15, -0.1) is 0 Å². The summed E-state index contributed by atoms with van der Waals surface area (Å²) < 4.78 is 5.58. The Hall–Kier alpha value is -3.09. The molecule has 2 aromatic rings. The van der Waals surface area contributed by atoms with Crippen LogP contribution in [-0.2, 0) is 4.79 Å². The summed E-state index contributed by atoms with van der Waals surface area (Å²) in [6.45, 7) is 3.28. The van der Waals surface area contributed by atoms with E-state index < -0.39 is 0 Å². The van der Waals surface area contributed by atoms with Gasteiger partial charge in [0, 0.05) is 24.4 Å². The van der Waals surface area contributed by atoms with Crippen molar-refractivity contribution in [3.05, 3.63) is 53.3 Å². The molecule has 0 radical (unpaired) electrons. The highest BCUT2D eigenvalue weighted by molar-refractivity contribution is 5.99. The predicted octanol–water partition coefficient (Wildman–Crippen LogP) is 2.22. The molecule has 0 aliphatic heterocycles. The number of rotatable bonds is 8. The Balaban J connectivity index is 2.15. The maximum Gasteiger partial charge on any atom is 0.268 e. The zero-order chi connectivity index (χ0) is 19.1. The van der Waals surface area contributed by atoms with Crippen LogP contribution in [0, 0.1) is 0 Å². The van der Waals surface area contributed by atoms with E-state index in [1.165, 1.54) is 19.2 Å². The lowest BCUT2D eigenvalue weighted by molar-refractivity contribution is -0.122. The molecule has 2 rings (SSSR count). The van der Waals surface area contributed by atoms with E-state index in [0.29, 0.717) is 23.4 Å². The monoisotopic (exact) mass is 357 g/mol. The van der Waals surface area contributed by atoms with Crippen molar-refractivity contribution >= 4 is 17.6 Å². The largest absolute Gasteiger partial charge is 0.483 e. The molecule has 1 aromatic heterocycles. The highest BCUT2D eigenvalue weighted by Crippen LogP contribution is 2.27. The number of para-hydroxylation sites is 1. The van der Waals surface area contributed by atoms with Crippen molar-refractivity contribution in [1.29, 1.82) is 0 Å². The number of ketones is 1. The summed E-state index contributed by atoms with van der Waals surface area (Å²) in [7, 11) is 1.54. The van der Waals surface area contributed by atoms with Crippen LogP contribution in [0.1, 0.15) is 52.7 Å². The molecule has 0 fully saturated rings. The van der Waals surface area contributed by atoms with Crippen LogP contribution in [-0.4, -0.2) is 36.2 Å². The smallest absolute Gasteiger partial charge is 0.268 e. The second-order valence-electron chi connectivity index (χ2n) is 5.79. The number of Topliss-reactive ketones (excluding diaryl/α,β-unsaturated/α-hetero) is 1. The zero-order valence-corrected chi connectivity index (χ0v) is 15.1. The van der Waals surface area contributed by atoms with Gasteiger partial charge in [0.05, 0.1) is 6.04 Å². The first kappa shape index (κ1) is 19.2. The molecule has 3 N–H and O–H groups in total.